The van der Waals surface area contributed by atoms with Crippen molar-refractivity contribution < 1.29 is 24.1 Å². The van der Waals surface area contributed by atoms with Gasteiger partial charge in [-0.3, -0.25) is 0 Å². The van der Waals surface area contributed by atoms with E-state index in [9.17, 15) is 19.4 Å². The molecule has 1 aromatic carbocycles. The Hall–Kier alpha value is -1.66. The Morgan fingerprint density at radius 1 is 1.26 bits per heavy atom. The van der Waals surface area contributed by atoms with Gasteiger partial charge in [0.1, 0.15) is 11.4 Å². The molecule has 0 aromatic heterocycles. The number of hydrogen-bond donors (Lipinski definition) is 2. The van der Waals surface area contributed by atoms with Crippen molar-refractivity contribution in [3.63, 3.8) is 0 Å². The van der Waals surface area contributed by atoms with Crippen LogP contribution in [0.15, 0.2) is 24.3 Å². The molecule has 27 heavy (non-hydrogen) atoms. The highest BCUT2D eigenvalue weighted by atomic mass is 19.1. The fraction of sp³-hybridized carbons (Fsp3) is 0.667. The number of carbonyl (C=O) groups excluding carboxylic acids is 1. The third-order valence-corrected chi connectivity index (χ3v) is 6.24. The molecule has 1 aromatic rings. The van der Waals surface area contributed by atoms with Gasteiger partial charge in [-0.05, 0) is 43.4 Å². The van der Waals surface area contributed by atoms with Crippen LogP contribution in [0.1, 0.15) is 57.4 Å². The molecule has 1 aliphatic carbocycles. The minimum absolute atomic E-state index is 0.0898. The first kappa shape index (κ1) is 20.1. The lowest BCUT2D eigenvalue weighted by molar-refractivity contribution is -0.0929. The van der Waals surface area contributed by atoms with Gasteiger partial charge in [0.15, 0.2) is 0 Å². The lowest BCUT2D eigenvalue weighted by atomic mass is 9.81. The molecule has 6 heteroatoms. The van der Waals surface area contributed by atoms with Crippen molar-refractivity contribution in [2.75, 3.05) is 13.2 Å². The normalized spacial score (nSPS) is 26.5. The molecule has 2 unspecified atom stereocenters. The number of nitrogens with zero attached hydrogens (tertiary/aromatic N) is 1. The summed E-state index contributed by atoms with van der Waals surface area (Å²) in [5.41, 5.74) is -0.398. The van der Waals surface area contributed by atoms with E-state index in [-0.39, 0.29) is 18.3 Å². The van der Waals surface area contributed by atoms with Crippen LogP contribution in [0, 0.1) is 11.7 Å². The first-order valence-corrected chi connectivity index (χ1v) is 10.00. The van der Waals surface area contributed by atoms with Gasteiger partial charge < -0.3 is 19.8 Å². The van der Waals surface area contributed by atoms with E-state index >= 15 is 0 Å². The molecule has 1 amide bonds. The molecule has 1 heterocycles. The van der Waals surface area contributed by atoms with E-state index in [4.69, 9.17) is 4.74 Å². The minimum atomic E-state index is -1.05. The van der Waals surface area contributed by atoms with Gasteiger partial charge in [0.05, 0.1) is 12.7 Å². The Morgan fingerprint density at radius 2 is 1.93 bits per heavy atom. The van der Waals surface area contributed by atoms with Gasteiger partial charge >= 0.3 is 6.09 Å². The van der Waals surface area contributed by atoms with Crippen LogP contribution in [0.5, 0.6) is 0 Å². The molecule has 3 rings (SSSR count). The zero-order valence-corrected chi connectivity index (χ0v) is 15.9. The zero-order chi connectivity index (χ0) is 19.4. The van der Waals surface area contributed by atoms with Gasteiger partial charge in [0.25, 0.3) is 0 Å². The lowest BCUT2D eigenvalue weighted by Gasteiger charge is -2.46. The van der Waals surface area contributed by atoms with Crippen molar-refractivity contribution in [1.82, 2.24) is 4.90 Å². The fourth-order valence-electron chi connectivity index (χ4n) is 4.57. The highest BCUT2D eigenvalue weighted by Crippen LogP contribution is 2.40. The van der Waals surface area contributed by atoms with Gasteiger partial charge in [-0.1, -0.05) is 31.4 Å². The first-order chi connectivity index (χ1) is 12.9. The summed E-state index contributed by atoms with van der Waals surface area (Å²) >= 11 is 0. The van der Waals surface area contributed by atoms with Crippen LogP contribution in [0.25, 0.3) is 0 Å². The fourth-order valence-corrected chi connectivity index (χ4v) is 4.57. The number of aliphatic hydroxyl groups is 2. The number of ether oxygens (including phenoxy) is 1. The van der Waals surface area contributed by atoms with Crippen LogP contribution in [0.3, 0.4) is 0 Å². The van der Waals surface area contributed by atoms with Gasteiger partial charge in [0.2, 0.25) is 0 Å². The molecule has 0 spiro atoms. The average molecular weight is 379 g/mol. The average Bonchev–Trinajstić information content (AvgIpc) is 2.68. The monoisotopic (exact) mass is 379 g/mol. The van der Waals surface area contributed by atoms with E-state index in [2.05, 4.69) is 6.92 Å². The summed E-state index contributed by atoms with van der Waals surface area (Å²) in [5, 5.41) is 19.3. The van der Waals surface area contributed by atoms with E-state index in [0.717, 1.165) is 12.8 Å². The van der Waals surface area contributed by atoms with Crippen molar-refractivity contribution in [3.05, 3.63) is 35.6 Å². The molecule has 3 atom stereocenters. The summed E-state index contributed by atoms with van der Waals surface area (Å²) in [6, 6.07) is 5.95. The van der Waals surface area contributed by atoms with Crippen LogP contribution < -0.4 is 0 Å². The molecule has 1 saturated heterocycles. The number of benzene rings is 1. The molecule has 150 valence electrons. The van der Waals surface area contributed by atoms with Crippen LogP contribution in [-0.4, -0.2) is 46.5 Å². The van der Waals surface area contributed by atoms with Gasteiger partial charge in [-0.15, -0.1) is 0 Å². The molecule has 2 aliphatic rings. The Kier molecular flexibility index (Phi) is 6.37. The Morgan fingerprint density at radius 3 is 2.52 bits per heavy atom. The molecule has 1 aliphatic heterocycles. The summed E-state index contributed by atoms with van der Waals surface area (Å²) in [7, 11) is 0. The molecule has 1 saturated carbocycles. The van der Waals surface area contributed by atoms with E-state index < -0.39 is 24.4 Å². The van der Waals surface area contributed by atoms with Crippen LogP contribution in [-0.2, 0) is 10.3 Å². The molecular formula is C21H30FNO4. The number of rotatable bonds is 6. The van der Waals surface area contributed by atoms with Crippen molar-refractivity contribution in [1.29, 1.82) is 0 Å². The van der Waals surface area contributed by atoms with Gasteiger partial charge in [-0.25, -0.2) is 9.18 Å². The first-order valence-electron chi connectivity index (χ1n) is 10.00. The molecule has 2 fully saturated rings. The molecule has 5 nitrogen and oxygen atoms in total. The second-order valence-corrected chi connectivity index (χ2v) is 7.99. The second kappa shape index (κ2) is 8.57. The second-order valence-electron chi connectivity index (χ2n) is 7.99. The number of cyclic esters (lactones) is 1. The maximum atomic E-state index is 13.4. The summed E-state index contributed by atoms with van der Waals surface area (Å²) in [5.74, 6) is 0.124. The third-order valence-electron chi connectivity index (χ3n) is 6.24. The maximum Gasteiger partial charge on any atom is 0.410 e. The largest absolute Gasteiger partial charge is 0.438 e. The highest BCUT2D eigenvalue weighted by Gasteiger charge is 2.45. The summed E-state index contributed by atoms with van der Waals surface area (Å²) in [6.07, 6.45) is 5.14. The third kappa shape index (κ3) is 4.43. The summed E-state index contributed by atoms with van der Waals surface area (Å²) in [6.45, 7) is 2.19. The summed E-state index contributed by atoms with van der Waals surface area (Å²) < 4.78 is 19.2. The van der Waals surface area contributed by atoms with Crippen molar-refractivity contribution in [2.24, 2.45) is 5.92 Å². The van der Waals surface area contributed by atoms with E-state index in [1.165, 1.54) is 31.4 Å². The highest BCUT2D eigenvalue weighted by molar-refractivity contribution is 5.70. The number of hydrogen-bond acceptors (Lipinski definition) is 4. The number of aliphatic hydroxyl groups excluding tert-OH is 2. The van der Waals surface area contributed by atoms with Crippen molar-refractivity contribution >= 4 is 6.09 Å². The maximum absolute atomic E-state index is 13.4. The van der Waals surface area contributed by atoms with Crippen molar-refractivity contribution in [2.45, 2.75) is 69.6 Å². The smallest absolute Gasteiger partial charge is 0.410 e. The van der Waals surface area contributed by atoms with Crippen LogP contribution >= 0.6 is 0 Å². The Labute approximate surface area is 160 Å². The van der Waals surface area contributed by atoms with Gasteiger partial charge in [-0.2, -0.15) is 0 Å². The minimum Gasteiger partial charge on any atom is -0.438 e. The van der Waals surface area contributed by atoms with E-state index in [1.54, 1.807) is 17.0 Å². The number of halogens is 1. The Balaban J connectivity index is 1.79. The van der Waals surface area contributed by atoms with E-state index in [0.29, 0.717) is 24.4 Å². The predicted octanol–water partition coefficient (Wildman–Crippen LogP) is 3.58. The van der Waals surface area contributed by atoms with Crippen LogP contribution in [0.4, 0.5) is 9.18 Å². The molecule has 0 radical (unpaired) electrons. The topological polar surface area (TPSA) is 70.0 Å². The molecule has 0 bridgehead atoms. The standard InChI is InChI=1S/C21H30FNO4/c1-15(16-5-3-2-4-6-16)23-12-11-21(27-20(23)26,13-19(25)14-24)17-7-9-18(22)10-8-17/h7-10,15-16,19,24-25H,2-6,11-14H2,1H3/t15-,19?,21?/m0/s1. The van der Waals surface area contributed by atoms with Crippen LogP contribution in [0.2, 0.25) is 0 Å². The zero-order valence-electron chi connectivity index (χ0n) is 15.9. The number of amides is 1. The predicted molar refractivity (Wildman–Crippen MR) is 99.6 cm³/mol. The van der Waals surface area contributed by atoms with E-state index in [1.807, 2.05) is 0 Å². The van der Waals surface area contributed by atoms with Crippen molar-refractivity contribution in [3.8, 4) is 0 Å². The van der Waals surface area contributed by atoms with Gasteiger partial charge in [0, 0.05) is 25.4 Å². The molecular weight excluding hydrogens is 349 g/mol. The SMILES string of the molecule is C[C@@H](C1CCCCC1)N1CCC(CC(O)CO)(c2ccc(F)cc2)OC1=O. The summed E-state index contributed by atoms with van der Waals surface area (Å²) in [4.78, 5) is 14.7. The Bertz CT molecular complexity index is 632. The lowest BCUT2D eigenvalue weighted by Crippen LogP contribution is -2.53. The number of carbonyl (C=O) groups is 1. The molecule has 2 N–H and O–H groups in total. The quantitative estimate of drug-likeness (QED) is 0.793.